The maximum absolute atomic E-state index is 9.51. The number of hydrogen-bond acceptors (Lipinski definition) is 3. The van der Waals surface area contributed by atoms with E-state index in [1.807, 2.05) is 55.5 Å². The van der Waals surface area contributed by atoms with Crippen LogP contribution in [0, 0.1) is 6.92 Å². The van der Waals surface area contributed by atoms with Crippen LogP contribution >= 0.6 is 11.6 Å². The number of benzene rings is 2. The van der Waals surface area contributed by atoms with E-state index in [0.717, 1.165) is 22.5 Å². The fourth-order valence-corrected chi connectivity index (χ4v) is 2.52. The highest BCUT2D eigenvalue weighted by molar-refractivity contribution is 6.31. The molecule has 3 aromatic rings. The summed E-state index contributed by atoms with van der Waals surface area (Å²) >= 11 is 6.21. The van der Waals surface area contributed by atoms with Gasteiger partial charge in [0, 0.05) is 11.4 Å². The number of aliphatic hydroxyl groups excluding tert-OH is 1. The maximum atomic E-state index is 9.51. The minimum Gasteiger partial charge on any atom is -0.390 e. The molecule has 0 saturated carbocycles. The van der Waals surface area contributed by atoms with Gasteiger partial charge in [0.05, 0.1) is 18.0 Å². The summed E-state index contributed by atoms with van der Waals surface area (Å²) in [6.07, 6.45) is 0.648. The highest BCUT2D eigenvalue weighted by Gasteiger charge is 2.14. The first-order valence-electron chi connectivity index (χ1n) is 7.04. The summed E-state index contributed by atoms with van der Waals surface area (Å²) in [5.74, 6) is 0. The fourth-order valence-electron chi connectivity index (χ4n) is 2.34. The minimum absolute atomic E-state index is 0.137. The first-order valence-corrected chi connectivity index (χ1v) is 7.41. The molecule has 2 aromatic carbocycles. The van der Waals surface area contributed by atoms with Crippen molar-refractivity contribution >= 4 is 11.6 Å². The van der Waals surface area contributed by atoms with Crippen molar-refractivity contribution < 1.29 is 5.11 Å². The molecule has 0 aliphatic heterocycles. The van der Waals surface area contributed by atoms with E-state index in [1.54, 1.807) is 4.68 Å². The van der Waals surface area contributed by atoms with Gasteiger partial charge in [-0.25, -0.2) is 4.68 Å². The average Bonchev–Trinajstić information content (AvgIpc) is 2.94. The van der Waals surface area contributed by atoms with Crippen molar-refractivity contribution in [1.82, 2.24) is 15.0 Å². The highest BCUT2D eigenvalue weighted by atomic mass is 35.5. The molecule has 0 amide bonds. The number of aryl methyl sites for hydroxylation is 1. The number of halogens is 1. The Morgan fingerprint density at radius 1 is 1.14 bits per heavy atom. The lowest BCUT2D eigenvalue weighted by atomic mass is 10.1. The van der Waals surface area contributed by atoms with Gasteiger partial charge in [-0.05, 0) is 30.2 Å². The van der Waals surface area contributed by atoms with E-state index in [2.05, 4.69) is 10.3 Å². The first kappa shape index (κ1) is 14.8. The summed E-state index contributed by atoms with van der Waals surface area (Å²) in [6, 6.07) is 15.8. The van der Waals surface area contributed by atoms with Gasteiger partial charge < -0.3 is 5.11 Å². The third-order valence-corrected chi connectivity index (χ3v) is 4.02. The predicted molar refractivity (Wildman–Crippen MR) is 86.3 cm³/mol. The Kier molecular flexibility index (Phi) is 4.22. The van der Waals surface area contributed by atoms with E-state index in [4.69, 9.17) is 11.6 Å². The quantitative estimate of drug-likeness (QED) is 0.804. The molecule has 0 atom stereocenters. The normalized spacial score (nSPS) is 10.9. The maximum Gasteiger partial charge on any atom is 0.112 e. The molecule has 0 fully saturated rings. The van der Waals surface area contributed by atoms with E-state index in [9.17, 15) is 5.11 Å². The third-order valence-electron chi connectivity index (χ3n) is 3.61. The van der Waals surface area contributed by atoms with E-state index in [1.165, 1.54) is 0 Å². The topological polar surface area (TPSA) is 50.9 Å². The summed E-state index contributed by atoms with van der Waals surface area (Å²) in [5, 5.41) is 18.4. The van der Waals surface area contributed by atoms with Crippen molar-refractivity contribution in [3.05, 3.63) is 76.1 Å². The van der Waals surface area contributed by atoms with Gasteiger partial charge in [0.1, 0.15) is 5.69 Å². The van der Waals surface area contributed by atoms with Gasteiger partial charge in [-0.15, -0.1) is 5.10 Å². The second kappa shape index (κ2) is 6.30. The summed E-state index contributed by atoms with van der Waals surface area (Å²) in [4.78, 5) is 0. The summed E-state index contributed by atoms with van der Waals surface area (Å²) < 4.78 is 1.74. The molecule has 1 heterocycles. The predicted octanol–water partition coefficient (Wildman–Crippen LogP) is 3.31. The molecule has 1 N–H and O–H groups in total. The van der Waals surface area contributed by atoms with Crippen LogP contribution in [0.1, 0.15) is 22.5 Å². The standard InChI is InChI=1S/C17H16ClN3O/c1-12-7-8-14(10-15(12)18)21-17(16(11-22)19-20-21)9-13-5-3-2-4-6-13/h2-8,10,22H,9,11H2,1H3. The van der Waals surface area contributed by atoms with Crippen LogP contribution in [-0.2, 0) is 13.0 Å². The van der Waals surface area contributed by atoms with Crippen molar-refractivity contribution in [3.8, 4) is 5.69 Å². The molecule has 0 saturated heterocycles. The van der Waals surface area contributed by atoms with Crippen LogP contribution in [0.15, 0.2) is 48.5 Å². The van der Waals surface area contributed by atoms with Gasteiger partial charge in [-0.1, -0.05) is 53.2 Å². The number of hydrogen-bond donors (Lipinski definition) is 1. The van der Waals surface area contributed by atoms with Crippen molar-refractivity contribution in [3.63, 3.8) is 0 Å². The zero-order valence-corrected chi connectivity index (χ0v) is 13.0. The Morgan fingerprint density at radius 3 is 2.59 bits per heavy atom. The van der Waals surface area contributed by atoms with E-state index in [-0.39, 0.29) is 6.61 Å². The first-order chi connectivity index (χ1) is 10.7. The Labute approximate surface area is 134 Å². The summed E-state index contributed by atoms with van der Waals surface area (Å²) in [5.41, 5.74) is 4.44. The molecular formula is C17H16ClN3O. The fraction of sp³-hybridized carbons (Fsp3) is 0.176. The molecule has 4 nitrogen and oxygen atoms in total. The van der Waals surface area contributed by atoms with Crippen LogP contribution in [0.2, 0.25) is 5.02 Å². The molecule has 0 unspecified atom stereocenters. The SMILES string of the molecule is Cc1ccc(-n2nnc(CO)c2Cc2ccccc2)cc1Cl. The van der Waals surface area contributed by atoms with Crippen molar-refractivity contribution in [1.29, 1.82) is 0 Å². The number of aromatic nitrogens is 3. The number of nitrogens with zero attached hydrogens (tertiary/aromatic N) is 3. The molecule has 0 bridgehead atoms. The van der Waals surface area contributed by atoms with Crippen molar-refractivity contribution in [2.45, 2.75) is 20.0 Å². The Hall–Kier alpha value is -2.17. The van der Waals surface area contributed by atoms with Gasteiger partial charge >= 0.3 is 0 Å². The molecule has 1 aromatic heterocycles. The van der Waals surface area contributed by atoms with Crippen LogP contribution in [0.4, 0.5) is 0 Å². The zero-order chi connectivity index (χ0) is 15.5. The van der Waals surface area contributed by atoms with Crippen LogP contribution in [-0.4, -0.2) is 20.1 Å². The Bertz CT molecular complexity index is 784. The van der Waals surface area contributed by atoms with Crippen molar-refractivity contribution in [2.75, 3.05) is 0 Å². The zero-order valence-electron chi connectivity index (χ0n) is 12.2. The smallest absolute Gasteiger partial charge is 0.112 e. The number of rotatable bonds is 4. The van der Waals surface area contributed by atoms with Gasteiger partial charge in [-0.3, -0.25) is 0 Å². The highest BCUT2D eigenvalue weighted by Crippen LogP contribution is 2.22. The Morgan fingerprint density at radius 2 is 1.91 bits per heavy atom. The van der Waals surface area contributed by atoms with Gasteiger partial charge in [0.25, 0.3) is 0 Å². The van der Waals surface area contributed by atoms with E-state index < -0.39 is 0 Å². The Balaban J connectivity index is 2.05. The van der Waals surface area contributed by atoms with Gasteiger partial charge in [0.2, 0.25) is 0 Å². The second-order valence-corrected chi connectivity index (χ2v) is 5.56. The van der Waals surface area contributed by atoms with Crippen LogP contribution in [0.3, 0.4) is 0 Å². The summed E-state index contributed by atoms with van der Waals surface area (Å²) in [7, 11) is 0. The molecular weight excluding hydrogens is 298 g/mol. The molecule has 0 aliphatic rings. The average molecular weight is 314 g/mol. The van der Waals surface area contributed by atoms with Crippen molar-refractivity contribution in [2.24, 2.45) is 0 Å². The number of aliphatic hydroxyl groups is 1. The lowest BCUT2D eigenvalue weighted by Gasteiger charge is -2.09. The van der Waals surface area contributed by atoms with Crippen LogP contribution in [0.25, 0.3) is 5.69 Å². The largest absolute Gasteiger partial charge is 0.390 e. The summed E-state index contributed by atoms with van der Waals surface area (Å²) in [6.45, 7) is 1.82. The molecule has 112 valence electrons. The molecule has 0 spiro atoms. The van der Waals surface area contributed by atoms with Crippen LogP contribution < -0.4 is 0 Å². The van der Waals surface area contributed by atoms with E-state index in [0.29, 0.717) is 17.1 Å². The van der Waals surface area contributed by atoms with Gasteiger partial charge in [-0.2, -0.15) is 0 Å². The molecule has 0 aliphatic carbocycles. The van der Waals surface area contributed by atoms with Gasteiger partial charge in [0.15, 0.2) is 0 Å². The minimum atomic E-state index is -0.137. The second-order valence-electron chi connectivity index (χ2n) is 5.15. The molecule has 0 radical (unpaired) electrons. The van der Waals surface area contributed by atoms with E-state index >= 15 is 0 Å². The third kappa shape index (κ3) is 2.89. The monoisotopic (exact) mass is 313 g/mol. The molecule has 5 heteroatoms. The lowest BCUT2D eigenvalue weighted by molar-refractivity contribution is 0.275. The molecule has 22 heavy (non-hydrogen) atoms. The molecule has 3 rings (SSSR count). The van der Waals surface area contributed by atoms with Crippen LogP contribution in [0.5, 0.6) is 0 Å². The lowest BCUT2D eigenvalue weighted by Crippen LogP contribution is -2.05.